The lowest BCUT2D eigenvalue weighted by Gasteiger charge is -2.31. The molecule has 1 saturated heterocycles. The average Bonchev–Trinajstić information content (AvgIpc) is 3.19. The van der Waals surface area contributed by atoms with Gasteiger partial charge in [0.2, 0.25) is 5.76 Å². The molecule has 0 spiro atoms. The molecular formula is C27H28N2O6. The van der Waals surface area contributed by atoms with E-state index in [1.165, 1.54) is 7.11 Å². The van der Waals surface area contributed by atoms with E-state index in [4.69, 9.17) is 13.9 Å². The highest BCUT2D eigenvalue weighted by molar-refractivity contribution is 5.99. The first-order valence-corrected chi connectivity index (χ1v) is 11.9. The van der Waals surface area contributed by atoms with Crippen molar-refractivity contribution in [1.82, 2.24) is 9.80 Å². The minimum atomic E-state index is -0.601. The molecule has 1 aromatic heterocycles. The summed E-state index contributed by atoms with van der Waals surface area (Å²) >= 11 is 0. The molecular weight excluding hydrogens is 448 g/mol. The molecule has 35 heavy (non-hydrogen) atoms. The molecule has 1 unspecified atom stereocenters. The second kappa shape index (κ2) is 9.64. The second-order valence-electron chi connectivity index (χ2n) is 8.83. The number of methoxy groups -OCH3 is 1. The van der Waals surface area contributed by atoms with Gasteiger partial charge in [0.05, 0.1) is 42.9 Å². The molecule has 0 aliphatic carbocycles. The highest BCUT2D eigenvalue weighted by atomic mass is 16.5. The van der Waals surface area contributed by atoms with Crippen molar-refractivity contribution in [2.45, 2.75) is 19.4 Å². The van der Waals surface area contributed by atoms with Crippen molar-refractivity contribution < 1.29 is 23.5 Å². The number of amides is 1. The number of hydrogen-bond acceptors (Lipinski definition) is 7. The van der Waals surface area contributed by atoms with E-state index in [0.29, 0.717) is 48.4 Å². The van der Waals surface area contributed by atoms with E-state index in [9.17, 15) is 14.4 Å². The molecule has 5 rings (SSSR count). The summed E-state index contributed by atoms with van der Waals surface area (Å²) in [5.74, 6) is -0.647. The van der Waals surface area contributed by atoms with E-state index in [-0.39, 0.29) is 17.1 Å². The number of morpholine rings is 1. The monoisotopic (exact) mass is 476 g/mol. The molecule has 2 aliphatic heterocycles. The van der Waals surface area contributed by atoms with Gasteiger partial charge >= 0.3 is 5.97 Å². The number of aryl methyl sites for hydroxylation is 1. The summed E-state index contributed by atoms with van der Waals surface area (Å²) in [7, 11) is 1.33. The molecule has 1 fully saturated rings. The first-order chi connectivity index (χ1) is 17.0. The molecule has 182 valence electrons. The van der Waals surface area contributed by atoms with E-state index >= 15 is 0 Å². The smallest absolute Gasteiger partial charge is 0.337 e. The first-order valence-electron chi connectivity index (χ1n) is 11.9. The Morgan fingerprint density at radius 2 is 1.80 bits per heavy atom. The summed E-state index contributed by atoms with van der Waals surface area (Å²) in [5.41, 5.74) is 2.74. The van der Waals surface area contributed by atoms with E-state index in [1.54, 1.807) is 35.2 Å². The minimum Gasteiger partial charge on any atom is -0.465 e. The lowest BCUT2D eigenvalue weighted by Crippen LogP contribution is -2.42. The van der Waals surface area contributed by atoms with Crippen molar-refractivity contribution in [2.24, 2.45) is 0 Å². The number of esters is 1. The van der Waals surface area contributed by atoms with E-state index < -0.39 is 12.0 Å². The standard InChI is InChI=1S/C27H28N2O6/c1-3-17-4-9-21-20(16-17)24(30)22-23(18-5-7-19(8-6-18)27(32)33-2)29(26(31)25(22)35-21)11-10-28-12-14-34-15-13-28/h4-9,16,23H,3,10-15H2,1-2H3. The van der Waals surface area contributed by atoms with Gasteiger partial charge in [-0.05, 0) is 41.8 Å². The minimum absolute atomic E-state index is 0.0933. The molecule has 0 radical (unpaired) electrons. The molecule has 3 aromatic rings. The van der Waals surface area contributed by atoms with Crippen LogP contribution in [-0.4, -0.2) is 68.2 Å². The molecule has 0 bridgehead atoms. The zero-order valence-corrected chi connectivity index (χ0v) is 19.9. The maximum atomic E-state index is 13.8. The number of rotatable bonds is 6. The first kappa shape index (κ1) is 23.3. The molecule has 3 heterocycles. The van der Waals surface area contributed by atoms with Crippen LogP contribution in [-0.2, 0) is 15.9 Å². The summed E-state index contributed by atoms with van der Waals surface area (Å²) in [5, 5.41) is 0.474. The number of hydrogen-bond donors (Lipinski definition) is 0. The Hall–Kier alpha value is -3.49. The van der Waals surface area contributed by atoms with Gasteiger partial charge in [-0.2, -0.15) is 0 Å². The van der Waals surface area contributed by atoms with Crippen LogP contribution in [0.15, 0.2) is 51.7 Å². The van der Waals surface area contributed by atoms with Gasteiger partial charge in [-0.3, -0.25) is 14.5 Å². The fraction of sp³-hybridized carbons (Fsp3) is 0.370. The molecule has 2 aliphatic rings. The van der Waals surface area contributed by atoms with Crippen molar-refractivity contribution >= 4 is 22.8 Å². The van der Waals surface area contributed by atoms with Crippen LogP contribution in [0.2, 0.25) is 0 Å². The highest BCUT2D eigenvalue weighted by Gasteiger charge is 2.42. The lowest BCUT2D eigenvalue weighted by atomic mass is 9.97. The van der Waals surface area contributed by atoms with Gasteiger partial charge in [0, 0.05) is 26.2 Å². The third-order valence-corrected chi connectivity index (χ3v) is 6.85. The van der Waals surface area contributed by atoms with E-state index in [0.717, 1.165) is 30.6 Å². The number of ether oxygens (including phenoxy) is 2. The number of carbonyl (C=O) groups is 2. The molecule has 8 heteroatoms. The van der Waals surface area contributed by atoms with Gasteiger partial charge in [0.25, 0.3) is 5.91 Å². The third kappa shape index (κ3) is 4.24. The van der Waals surface area contributed by atoms with Crippen molar-refractivity contribution in [1.29, 1.82) is 0 Å². The third-order valence-electron chi connectivity index (χ3n) is 6.85. The molecule has 2 aromatic carbocycles. The van der Waals surface area contributed by atoms with Gasteiger partial charge < -0.3 is 18.8 Å². The Morgan fingerprint density at radius 1 is 1.06 bits per heavy atom. The van der Waals surface area contributed by atoms with Crippen LogP contribution in [0.4, 0.5) is 0 Å². The van der Waals surface area contributed by atoms with Crippen molar-refractivity contribution in [2.75, 3.05) is 46.5 Å². The summed E-state index contributed by atoms with van der Waals surface area (Å²) in [6.45, 7) is 6.05. The fourth-order valence-corrected chi connectivity index (χ4v) is 4.86. The van der Waals surface area contributed by atoms with E-state index in [2.05, 4.69) is 4.90 Å². The van der Waals surface area contributed by atoms with Crippen LogP contribution < -0.4 is 5.43 Å². The normalized spacial score (nSPS) is 18.2. The van der Waals surface area contributed by atoms with Crippen molar-refractivity contribution in [3.05, 3.63) is 80.7 Å². The quantitative estimate of drug-likeness (QED) is 0.505. The maximum Gasteiger partial charge on any atom is 0.337 e. The number of benzene rings is 2. The Morgan fingerprint density at radius 3 is 2.49 bits per heavy atom. The second-order valence-corrected chi connectivity index (χ2v) is 8.83. The fourth-order valence-electron chi connectivity index (χ4n) is 4.86. The topological polar surface area (TPSA) is 89.3 Å². The molecule has 0 N–H and O–H groups in total. The molecule has 1 amide bonds. The highest BCUT2D eigenvalue weighted by Crippen LogP contribution is 2.38. The predicted molar refractivity (Wildman–Crippen MR) is 130 cm³/mol. The van der Waals surface area contributed by atoms with Gasteiger partial charge in [-0.1, -0.05) is 25.1 Å². The number of nitrogens with zero attached hydrogens (tertiary/aromatic N) is 2. The summed E-state index contributed by atoms with van der Waals surface area (Å²) in [6.07, 6.45) is 0.787. The van der Waals surface area contributed by atoms with Crippen molar-refractivity contribution in [3.63, 3.8) is 0 Å². The maximum absolute atomic E-state index is 13.8. The van der Waals surface area contributed by atoms with Crippen LogP contribution in [0.1, 0.15) is 50.6 Å². The number of carbonyl (C=O) groups excluding carboxylic acids is 2. The van der Waals surface area contributed by atoms with Crippen LogP contribution in [0.5, 0.6) is 0 Å². The Balaban J connectivity index is 1.59. The Bertz CT molecular complexity index is 1320. The van der Waals surface area contributed by atoms with Gasteiger partial charge in [0.15, 0.2) is 5.43 Å². The molecule has 8 nitrogen and oxygen atoms in total. The Kier molecular flexibility index (Phi) is 6.40. The predicted octanol–water partition coefficient (Wildman–Crippen LogP) is 3.02. The van der Waals surface area contributed by atoms with Gasteiger partial charge in [0.1, 0.15) is 5.58 Å². The van der Waals surface area contributed by atoms with Crippen LogP contribution in [0.3, 0.4) is 0 Å². The average molecular weight is 477 g/mol. The largest absolute Gasteiger partial charge is 0.465 e. The van der Waals surface area contributed by atoms with Crippen LogP contribution in [0, 0.1) is 0 Å². The zero-order chi connectivity index (χ0) is 24.5. The van der Waals surface area contributed by atoms with Crippen LogP contribution >= 0.6 is 0 Å². The summed E-state index contributed by atoms with van der Waals surface area (Å²) in [6, 6.07) is 11.8. The SMILES string of the molecule is CCc1ccc2oc3c(c(=O)c2c1)C(c1ccc(C(=O)OC)cc1)N(CCN1CCOCC1)C3=O. The summed E-state index contributed by atoms with van der Waals surface area (Å²) in [4.78, 5) is 43.2. The number of fused-ring (bicyclic) bond motifs is 2. The zero-order valence-electron chi connectivity index (χ0n) is 19.9. The van der Waals surface area contributed by atoms with Gasteiger partial charge in [-0.15, -0.1) is 0 Å². The summed E-state index contributed by atoms with van der Waals surface area (Å²) < 4.78 is 16.3. The van der Waals surface area contributed by atoms with Crippen LogP contribution in [0.25, 0.3) is 11.0 Å². The Labute approximate surface area is 203 Å². The van der Waals surface area contributed by atoms with Crippen molar-refractivity contribution in [3.8, 4) is 0 Å². The lowest BCUT2D eigenvalue weighted by molar-refractivity contribution is 0.0314. The molecule has 0 saturated carbocycles. The van der Waals surface area contributed by atoms with Gasteiger partial charge in [-0.25, -0.2) is 4.79 Å². The van der Waals surface area contributed by atoms with E-state index in [1.807, 2.05) is 19.1 Å². The molecule has 1 atom stereocenters.